The molecule has 1 aliphatic carbocycles. The summed E-state index contributed by atoms with van der Waals surface area (Å²) in [6.45, 7) is 0.564. The first-order valence-corrected chi connectivity index (χ1v) is 11.2. The lowest BCUT2D eigenvalue weighted by Crippen LogP contribution is -2.12. The highest BCUT2D eigenvalue weighted by molar-refractivity contribution is 7.99. The molecule has 0 radical (unpaired) electrons. The molecule has 4 rings (SSSR count). The van der Waals surface area contributed by atoms with Crippen LogP contribution in [0.4, 0.5) is 0 Å². The lowest BCUT2D eigenvalue weighted by molar-refractivity contribution is 0.344. The Morgan fingerprint density at radius 3 is 2.50 bits per heavy atom. The molecule has 4 nitrogen and oxygen atoms in total. The number of aromatic nitrogens is 3. The molecule has 1 aliphatic rings. The van der Waals surface area contributed by atoms with Gasteiger partial charge in [-0.2, -0.15) is 0 Å². The van der Waals surface area contributed by atoms with Gasteiger partial charge in [-0.15, -0.1) is 10.2 Å². The van der Waals surface area contributed by atoms with Crippen molar-refractivity contribution in [2.24, 2.45) is 0 Å². The summed E-state index contributed by atoms with van der Waals surface area (Å²) in [6.07, 6.45) is 6.29. The van der Waals surface area contributed by atoms with E-state index in [4.69, 9.17) is 16.3 Å². The molecule has 1 aromatic heterocycles. The molecule has 0 saturated heterocycles. The number of nitrogens with zero attached hydrogens (tertiary/aromatic N) is 3. The second-order valence-corrected chi connectivity index (χ2v) is 8.44. The molecule has 1 fully saturated rings. The first-order chi connectivity index (χ1) is 13.8. The number of para-hydroxylation sites is 2. The SMILES string of the molecule is Clc1ccccc1OCCSc1nnc(C2CCCCC2)n1-c1ccccc1. The minimum Gasteiger partial charge on any atom is -0.491 e. The van der Waals surface area contributed by atoms with E-state index in [-0.39, 0.29) is 0 Å². The summed E-state index contributed by atoms with van der Waals surface area (Å²) >= 11 is 7.83. The van der Waals surface area contributed by atoms with Gasteiger partial charge in [-0.25, -0.2) is 0 Å². The molecular weight excluding hydrogens is 390 g/mol. The van der Waals surface area contributed by atoms with Gasteiger partial charge in [0.15, 0.2) is 5.16 Å². The summed E-state index contributed by atoms with van der Waals surface area (Å²) in [5.41, 5.74) is 1.13. The van der Waals surface area contributed by atoms with Gasteiger partial charge in [0.1, 0.15) is 11.6 Å². The third-order valence-electron chi connectivity index (χ3n) is 5.05. The molecule has 1 heterocycles. The Kier molecular flexibility index (Phi) is 6.55. The highest BCUT2D eigenvalue weighted by Gasteiger charge is 2.24. The van der Waals surface area contributed by atoms with Gasteiger partial charge in [0, 0.05) is 17.4 Å². The minimum atomic E-state index is 0.496. The number of rotatable bonds is 7. The smallest absolute Gasteiger partial charge is 0.195 e. The van der Waals surface area contributed by atoms with Gasteiger partial charge in [-0.1, -0.05) is 73.0 Å². The van der Waals surface area contributed by atoms with E-state index in [1.807, 2.05) is 30.3 Å². The standard InChI is InChI=1S/C22H24ClN3OS/c23-19-13-7-8-14-20(19)27-15-16-28-22-25-24-21(17-9-3-1-4-10-17)26(22)18-11-5-2-6-12-18/h2,5-8,11-14,17H,1,3-4,9-10,15-16H2. The average Bonchev–Trinajstić information content (AvgIpc) is 3.17. The fourth-order valence-electron chi connectivity index (χ4n) is 3.67. The summed E-state index contributed by atoms with van der Waals surface area (Å²) in [5.74, 6) is 3.09. The van der Waals surface area contributed by atoms with Crippen LogP contribution in [-0.4, -0.2) is 27.1 Å². The predicted octanol–water partition coefficient (Wildman–Crippen LogP) is 6.14. The lowest BCUT2D eigenvalue weighted by Gasteiger charge is -2.22. The van der Waals surface area contributed by atoms with E-state index in [0.717, 1.165) is 28.2 Å². The van der Waals surface area contributed by atoms with Crippen molar-refractivity contribution >= 4 is 23.4 Å². The quantitative estimate of drug-likeness (QED) is 0.344. The van der Waals surface area contributed by atoms with Crippen LogP contribution in [0.1, 0.15) is 43.8 Å². The summed E-state index contributed by atoms with van der Waals surface area (Å²) in [6, 6.07) is 18.0. The maximum absolute atomic E-state index is 6.16. The monoisotopic (exact) mass is 413 g/mol. The molecule has 0 atom stereocenters. The zero-order valence-corrected chi connectivity index (χ0v) is 17.3. The number of hydrogen-bond donors (Lipinski definition) is 0. The van der Waals surface area contributed by atoms with Crippen molar-refractivity contribution in [2.75, 3.05) is 12.4 Å². The molecule has 0 aliphatic heterocycles. The predicted molar refractivity (Wildman–Crippen MR) is 115 cm³/mol. The number of ether oxygens (including phenoxy) is 1. The Hall–Kier alpha value is -1.98. The number of halogens is 1. The van der Waals surface area contributed by atoms with Crippen LogP contribution >= 0.6 is 23.4 Å². The highest BCUT2D eigenvalue weighted by atomic mass is 35.5. The van der Waals surface area contributed by atoms with Gasteiger partial charge in [0.05, 0.1) is 11.6 Å². The molecular formula is C22H24ClN3OS. The van der Waals surface area contributed by atoms with Crippen molar-refractivity contribution in [2.45, 2.75) is 43.2 Å². The van der Waals surface area contributed by atoms with Crippen molar-refractivity contribution in [3.63, 3.8) is 0 Å². The van der Waals surface area contributed by atoms with Crippen LogP contribution in [0.5, 0.6) is 5.75 Å². The molecule has 0 spiro atoms. The Labute approximate surface area is 175 Å². The van der Waals surface area contributed by atoms with Gasteiger partial charge in [-0.3, -0.25) is 4.57 Å². The van der Waals surface area contributed by atoms with E-state index >= 15 is 0 Å². The average molecular weight is 414 g/mol. The Bertz CT molecular complexity index is 894. The Morgan fingerprint density at radius 1 is 0.964 bits per heavy atom. The Morgan fingerprint density at radius 2 is 1.71 bits per heavy atom. The summed E-state index contributed by atoms with van der Waals surface area (Å²) in [4.78, 5) is 0. The maximum Gasteiger partial charge on any atom is 0.195 e. The van der Waals surface area contributed by atoms with Crippen LogP contribution < -0.4 is 4.74 Å². The molecule has 2 aromatic carbocycles. The molecule has 0 bridgehead atoms. The van der Waals surface area contributed by atoms with Crippen molar-refractivity contribution < 1.29 is 4.74 Å². The number of hydrogen-bond acceptors (Lipinski definition) is 4. The van der Waals surface area contributed by atoms with Gasteiger partial charge < -0.3 is 4.74 Å². The topological polar surface area (TPSA) is 39.9 Å². The molecule has 28 heavy (non-hydrogen) atoms. The summed E-state index contributed by atoms with van der Waals surface area (Å²) in [7, 11) is 0. The van der Waals surface area contributed by atoms with Gasteiger partial charge >= 0.3 is 0 Å². The van der Waals surface area contributed by atoms with E-state index in [0.29, 0.717) is 17.5 Å². The summed E-state index contributed by atoms with van der Waals surface area (Å²) < 4.78 is 8.05. The van der Waals surface area contributed by atoms with E-state index < -0.39 is 0 Å². The van der Waals surface area contributed by atoms with Crippen LogP contribution in [0.3, 0.4) is 0 Å². The first kappa shape index (κ1) is 19.3. The molecule has 1 saturated carbocycles. The van der Waals surface area contributed by atoms with Crippen molar-refractivity contribution in [1.82, 2.24) is 14.8 Å². The first-order valence-electron chi connectivity index (χ1n) is 9.84. The van der Waals surface area contributed by atoms with Gasteiger partial charge in [0.25, 0.3) is 0 Å². The second kappa shape index (κ2) is 9.48. The van der Waals surface area contributed by atoms with E-state index in [1.165, 1.54) is 32.1 Å². The summed E-state index contributed by atoms with van der Waals surface area (Å²) in [5, 5.41) is 10.7. The van der Waals surface area contributed by atoms with Crippen LogP contribution in [0.25, 0.3) is 5.69 Å². The van der Waals surface area contributed by atoms with Crippen molar-refractivity contribution in [1.29, 1.82) is 0 Å². The van der Waals surface area contributed by atoms with E-state index in [2.05, 4.69) is 39.0 Å². The normalized spacial score (nSPS) is 14.9. The molecule has 3 aromatic rings. The van der Waals surface area contributed by atoms with Crippen molar-refractivity contribution in [3.05, 3.63) is 65.4 Å². The largest absolute Gasteiger partial charge is 0.491 e. The van der Waals surface area contributed by atoms with Gasteiger partial charge in [0.2, 0.25) is 0 Å². The minimum absolute atomic E-state index is 0.496. The van der Waals surface area contributed by atoms with Crippen molar-refractivity contribution in [3.8, 4) is 11.4 Å². The zero-order valence-electron chi connectivity index (χ0n) is 15.8. The number of thioether (sulfide) groups is 1. The van der Waals surface area contributed by atoms with E-state index in [1.54, 1.807) is 11.8 Å². The third-order valence-corrected chi connectivity index (χ3v) is 6.26. The maximum atomic E-state index is 6.16. The highest BCUT2D eigenvalue weighted by Crippen LogP contribution is 2.35. The second-order valence-electron chi connectivity index (χ2n) is 6.97. The van der Waals surface area contributed by atoms with Gasteiger partial charge in [-0.05, 0) is 37.1 Å². The lowest BCUT2D eigenvalue weighted by atomic mass is 9.88. The fraction of sp³-hybridized carbons (Fsp3) is 0.364. The van der Waals surface area contributed by atoms with E-state index in [9.17, 15) is 0 Å². The van der Waals surface area contributed by atoms with Crippen LogP contribution in [0, 0.1) is 0 Å². The molecule has 6 heteroatoms. The van der Waals surface area contributed by atoms with Crippen LogP contribution in [0.2, 0.25) is 5.02 Å². The number of benzene rings is 2. The molecule has 0 amide bonds. The molecule has 146 valence electrons. The Balaban J connectivity index is 1.48. The molecule has 0 unspecified atom stereocenters. The van der Waals surface area contributed by atoms with Crippen LogP contribution in [0.15, 0.2) is 59.8 Å². The zero-order chi connectivity index (χ0) is 19.2. The van der Waals surface area contributed by atoms with Crippen LogP contribution in [-0.2, 0) is 0 Å². The molecule has 0 N–H and O–H groups in total. The third kappa shape index (κ3) is 4.53. The fourth-order valence-corrected chi connectivity index (χ4v) is 4.63.